The second-order valence-electron chi connectivity index (χ2n) is 6.24. The Balaban J connectivity index is 1.66. The summed E-state index contributed by atoms with van der Waals surface area (Å²) in [5.41, 5.74) is 0.171. The Bertz CT molecular complexity index is 206. The molecule has 2 aliphatic rings. The number of aliphatic hydroxyl groups is 1. The number of nitrogens with zero attached hydrogens (tertiary/aromatic N) is 1. The molecule has 1 spiro atoms. The van der Waals surface area contributed by atoms with E-state index in [2.05, 4.69) is 18.7 Å². The van der Waals surface area contributed by atoms with Crippen molar-refractivity contribution in [1.29, 1.82) is 0 Å². The number of hydrogen-bond donors (Lipinski definition) is 1. The fourth-order valence-electron chi connectivity index (χ4n) is 3.29. The first-order valence-corrected chi connectivity index (χ1v) is 5.86. The highest BCUT2D eigenvalue weighted by molar-refractivity contribution is 5.09. The lowest BCUT2D eigenvalue weighted by Crippen LogP contribution is -2.67. The normalized spacial score (nSPS) is 28.9. The number of rotatable bonds is 3. The molecule has 0 aromatic rings. The fraction of sp³-hybridized carbons (Fsp3) is 1.00. The molecule has 0 unspecified atom stereocenters. The minimum atomic E-state index is -0.343. The Hall–Kier alpha value is -0.0800. The van der Waals surface area contributed by atoms with E-state index in [4.69, 9.17) is 0 Å². The van der Waals surface area contributed by atoms with Crippen LogP contribution in [0.1, 0.15) is 40.0 Å². The maximum absolute atomic E-state index is 9.70. The first-order chi connectivity index (χ1) is 6.41. The van der Waals surface area contributed by atoms with Gasteiger partial charge in [-0.05, 0) is 38.6 Å². The minimum Gasteiger partial charge on any atom is -0.390 e. The van der Waals surface area contributed by atoms with E-state index in [1.165, 1.54) is 26.1 Å². The first kappa shape index (κ1) is 10.4. The second kappa shape index (κ2) is 3.21. The van der Waals surface area contributed by atoms with E-state index in [1.54, 1.807) is 0 Å². The van der Waals surface area contributed by atoms with Crippen LogP contribution < -0.4 is 0 Å². The lowest BCUT2D eigenvalue weighted by atomic mass is 9.56. The maximum atomic E-state index is 9.70. The second-order valence-corrected chi connectivity index (χ2v) is 6.24. The van der Waals surface area contributed by atoms with Crippen LogP contribution >= 0.6 is 0 Å². The molecular formula is C12H23NO. The molecule has 2 nitrogen and oxygen atoms in total. The van der Waals surface area contributed by atoms with Gasteiger partial charge in [0.25, 0.3) is 0 Å². The van der Waals surface area contributed by atoms with Gasteiger partial charge >= 0.3 is 0 Å². The molecule has 1 N–H and O–H groups in total. The Kier molecular flexibility index (Phi) is 2.39. The topological polar surface area (TPSA) is 23.5 Å². The highest BCUT2D eigenvalue weighted by Gasteiger charge is 2.56. The molecule has 0 bridgehead atoms. The van der Waals surface area contributed by atoms with E-state index in [0.717, 1.165) is 18.8 Å². The summed E-state index contributed by atoms with van der Waals surface area (Å²) < 4.78 is 0. The zero-order valence-corrected chi connectivity index (χ0v) is 9.71. The lowest BCUT2D eigenvalue weighted by Gasteiger charge is -2.62. The fourth-order valence-corrected chi connectivity index (χ4v) is 3.29. The molecule has 1 aliphatic heterocycles. The maximum Gasteiger partial charge on any atom is 0.0632 e. The van der Waals surface area contributed by atoms with Gasteiger partial charge in [-0.3, -0.25) is 0 Å². The van der Waals surface area contributed by atoms with Crippen molar-refractivity contribution >= 4 is 0 Å². The SMILES string of the molecule is CC(C)CCN1CC2(C1)CC(C)(O)C2. The first-order valence-electron chi connectivity index (χ1n) is 5.86. The van der Waals surface area contributed by atoms with Gasteiger partial charge in [-0.25, -0.2) is 0 Å². The van der Waals surface area contributed by atoms with Gasteiger partial charge in [-0.15, -0.1) is 0 Å². The van der Waals surface area contributed by atoms with Crippen LogP contribution in [0.5, 0.6) is 0 Å². The van der Waals surface area contributed by atoms with Gasteiger partial charge in [0.2, 0.25) is 0 Å². The van der Waals surface area contributed by atoms with Crippen molar-refractivity contribution in [3.8, 4) is 0 Å². The Labute approximate surface area is 87.3 Å². The number of likely N-dealkylation sites (tertiary alicyclic amines) is 1. The third kappa shape index (κ3) is 1.96. The van der Waals surface area contributed by atoms with Gasteiger partial charge in [-0.1, -0.05) is 13.8 Å². The van der Waals surface area contributed by atoms with Crippen molar-refractivity contribution in [3.05, 3.63) is 0 Å². The van der Waals surface area contributed by atoms with Crippen molar-refractivity contribution in [2.24, 2.45) is 11.3 Å². The summed E-state index contributed by atoms with van der Waals surface area (Å²) in [4.78, 5) is 2.54. The third-order valence-corrected chi connectivity index (χ3v) is 3.65. The molecular weight excluding hydrogens is 174 g/mol. The average Bonchev–Trinajstić information content (AvgIpc) is 1.91. The predicted molar refractivity (Wildman–Crippen MR) is 58.2 cm³/mol. The molecule has 1 heterocycles. The van der Waals surface area contributed by atoms with Gasteiger partial charge < -0.3 is 10.0 Å². The molecule has 0 atom stereocenters. The molecule has 2 fully saturated rings. The standard InChI is InChI=1S/C12H23NO/c1-10(2)4-5-13-8-12(9-13)6-11(3,14)7-12/h10,14H,4-9H2,1-3H3. The summed E-state index contributed by atoms with van der Waals surface area (Å²) in [6.45, 7) is 10.2. The highest BCUT2D eigenvalue weighted by atomic mass is 16.3. The van der Waals surface area contributed by atoms with E-state index >= 15 is 0 Å². The molecule has 82 valence electrons. The molecule has 1 saturated carbocycles. The zero-order chi connectivity index (χ0) is 10.4. The highest BCUT2D eigenvalue weighted by Crippen LogP contribution is 2.53. The summed E-state index contributed by atoms with van der Waals surface area (Å²) in [7, 11) is 0. The molecule has 0 amide bonds. The molecule has 0 aromatic carbocycles. The monoisotopic (exact) mass is 197 g/mol. The summed E-state index contributed by atoms with van der Waals surface area (Å²) in [5, 5.41) is 9.70. The van der Waals surface area contributed by atoms with Crippen LogP contribution in [0.2, 0.25) is 0 Å². The van der Waals surface area contributed by atoms with E-state index < -0.39 is 0 Å². The summed E-state index contributed by atoms with van der Waals surface area (Å²) in [6, 6.07) is 0. The zero-order valence-electron chi connectivity index (χ0n) is 9.71. The summed E-state index contributed by atoms with van der Waals surface area (Å²) in [6.07, 6.45) is 3.36. The van der Waals surface area contributed by atoms with E-state index in [0.29, 0.717) is 5.41 Å². The van der Waals surface area contributed by atoms with Crippen molar-refractivity contribution in [2.45, 2.75) is 45.6 Å². The van der Waals surface area contributed by atoms with Crippen molar-refractivity contribution in [2.75, 3.05) is 19.6 Å². The van der Waals surface area contributed by atoms with Gasteiger partial charge in [-0.2, -0.15) is 0 Å². The van der Waals surface area contributed by atoms with Crippen LogP contribution in [0.4, 0.5) is 0 Å². The van der Waals surface area contributed by atoms with Crippen LogP contribution in [0, 0.1) is 11.3 Å². The number of hydrogen-bond acceptors (Lipinski definition) is 2. The van der Waals surface area contributed by atoms with E-state index in [9.17, 15) is 5.11 Å². The van der Waals surface area contributed by atoms with Crippen LogP contribution in [-0.4, -0.2) is 35.2 Å². The quantitative estimate of drug-likeness (QED) is 0.746. The summed E-state index contributed by atoms with van der Waals surface area (Å²) in [5.74, 6) is 0.816. The molecule has 2 heteroatoms. The van der Waals surface area contributed by atoms with Crippen molar-refractivity contribution in [1.82, 2.24) is 4.90 Å². The Morgan fingerprint density at radius 1 is 1.29 bits per heavy atom. The smallest absolute Gasteiger partial charge is 0.0632 e. The van der Waals surface area contributed by atoms with Gasteiger partial charge in [0.1, 0.15) is 0 Å². The van der Waals surface area contributed by atoms with Crippen LogP contribution in [0.25, 0.3) is 0 Å². The Morgan fingerprint density at radius 3 is 2.29 bits per heavy atom. The molecule has 0 aromatic heterocycles. The van der Waals surface area contributed by atoms with Gasteiger partial charge in [0, 0.05) is 18.5 Å². The summed E-state index contributed by atoms with van der Waals surface area (Å²) >= 11 is 0. The Morgan fingerprint density at radius 2 is 1.86 bits per heavy atom. The molecule has 1 saturated heterocycles. The largest absolute Gasteiger partial charge is 0.390 e. The third-order valence-electron chi connectivity index (χ3n) is 3.65. The predicted octanol–water partition coefficient (Wildman–Crippen LogP) is 1.88. The molecule has 14 heavy (non-hydrogen) atoms. The van der Waals surface area contributed by atoms with Crippen LogP contribution in [0.15, 0.2) is 0 Å². The average molecular weight is 197 g/mol. The van der Waals surface area contributed by atoms with Crippen molar-refractivity contribution in [3.63, 3.8) is 0 Å². The molecule has 0 radical (unpaired) electrons. The van der Waals surface area contributed by atoms with E-state index in [-0.39, 0.29) is 5.60 Å². The minimum absolute atomic E-state index is 0.343. The lowest BCUT2D eigenvalue weighted by molar-refractivity contribution is -0.180. The molecule has 1 aliphatic carbocycles. The molecule has 2 rings (SSSR count). The van der Waals surface area contributed by atoms with Gasteiger partial charge in [0.15, 0.2) is 0 Å². The van der Waals surface area contributed by atoms with Gasteiger partial charge in [0.05, 0.1) is 5.60 Å². The van der Waals surface area contributed by atoms with Crippen LogP contribution in [-0.2, 0) is 0 Å². The van der Waals surface area contributed by atoms with Crippen LogP contribution in [0.3, 0.4) is 0 Å². The van der Waals surface area contributed by atoms with Crippen molar-refractivity contribution < 1.29 is 5.11 Å². The van der Waals surface area contributed by atoms with E-state index in [1.807, 2.05) is 6.92 Å².